The highest BCUT2D eigenvalue weighted by Crippen LogP contribution is 2.16. The SMILES string of the molecule is O=C(NCc1cscn1)c1ccoc1Cl. The van der Waals surface area contributed by atoms with Gasteiger partial charge in [0.15, 0.2) is 0 Å². The summed E-state index contributed by atoms with van der Waals surface area (Å²) in [6, 6.07) is 1.53. The smallest absolute Gasteiger partial charge is 0.256 e. The molecule has 78 valence electrons. The number of hydrogen-bond donors (Lipinski definition) is 1. The number of halogens is 1. The molecule has 0 saturated heterocycles. The van der Waals surface area contributed by atoms with Crippen molar-refractivity contribution in [2.45, 2.75) is 6.54 Å². The van der Waals surface area contributed by atoms with E-state index in [0.29, 0.717) is 12.1 Å². The van der Waals surface area contributed by atoms with E-state index in [1.54, 1.807) is 5.51 Å². The van der Waals surface area contributed by atoms with E-state index in [9.17, 15) is 4.79 Å². The normalized spacial score (nSPS) is 10.2. The van der Waals surface area contributed by atoms with Gasteiger partial charge in [0.2, 0.25) is 5.22 Å². The summed E-state index contributed by atoms with van der Waals surface area (Å²) in [6.07, 6.45) is 1.38. The molecule has 1 amide bonds. The first-order valence-corrected chi connectivity index (χ1v) is 5.47. The Labute approximate surface area is 94.9 Å². The highest BCUT2D eigenvalue weighted by Gasteiger charge is 2.12. The molecule has 0 aliphatic carbocycles. The number of nitrogens with zero attached hydrogens (tertiary/aromatic N) is 1. The molecule has 0 atom stereocenters. The van der Waals surface area contributed by atoms with Crippen LogP contribution in [0.25, 0.3) is 0 Å². The van der Waals surface area contributed by atoms with E-state index in [2.05, 4.69) is 10.3 Å². The summed E-state index contributed by atoms with van der Waals surface area (Å²) in [5, 5.41) is 4.66. The molecule has 0 fully saturated rings. The summed E-state index contributed by atoms with van der Waals surface area (Å²) in [7, 11) is 0. The van der Waals surface area contributed by atoms with Crippen molar-refractivity contribution in [3.05, 3.63) is 39.7 Å². The first kappa shape index (κ1) is 10.2. The van der Waals surface area contributed by atoms with Crippen molar-refractivity contribution in [2.24, 2.45) is 0 Å². The Kier molecular flexibility index (Phi) is 3.03. The second-order valence-corrected chi connectivity index (χ2v) is 3.83. The summed E-state index contributed by atoms with van der Waals surface area (Å²) in [4.78, 5) is 15.6. The Hall–Kier alpha value is -1.33. The maximum Gasteiger partial charge on any atom is 0.256 e. The lowest BCUT2D eigenvalue weighted by atomic mass is 10.3. The van der Waals surface area contributed by atoms with E-state index in [1.807, 2.05) is 5.38 Å². The summed E-state index contributed by atoms with van der Waals surface area (Å²) in [5.74, 6) is -0.262. The maximum atomic E-state index is 11.5. The van der Waals surface area contributed by atoms with Gasteiger partial charge in [0.05, 0.1) is 29.6 Å². The molecule has 0 saturated carbocycles. The Morgan fingerprint density at radius 3 is 3.13 bits per heavy atom. The fraction of sp³-hybridized carbons (Fsp3) is 0.111. The summed E-state index contributed by atoms with van der Waals surface area (Å²) in [5.41, 5.74) is 2.88. The largest absolute Gasteiger partial charge is 0.452 e. The number of aromatic nitrogens is 1. The number of rotatable bonds is 3. The molecule has 2 heterocycles. The molecular weight excluding hydrogens is 236 g/mol. The van der Waals surface area contributed by atoms with Crippen LogP contribution in [-0.4, -0.2) is 10.9 Å². The van der Waals surface area contributed by atoms with Gasteiger partial charge in [-0.05, 0) is 17.7 Å². The van der Waals surface area contributed by atoms with Gasteiger partial charge in [-0.3, -0.25) is 4.79 Å². The fourth-order valence-corrected chi connectivity index (χ4v) is 1.81. The monoisotopic (exact) mass is 242 g/mol. The Morgan fingerprint density at radius 1 is 1.67 bits per heavy atom. The topological polar surface area (TPSA) is 55.1 Å². The molecule has 2 aromatic heterocycles. The number of furan rings is 1. The molecular formula is C9H7ClN2O2S. The Bertz CT molecular complexity index is 452. The van der Waals surface area contributed by atoms with Gasteiger partial charge in [-0.15, -0.1) is 11.3 Å². The first-order valence-electron chi connectivity index (χ1n) is 4.15. The van der Waals surface area contributed by atoms with Crippen LogP contribution in [0, 0.1) is 0 Å². The highest BCUT2D eigenvalue weighted by molar-refractivity contribution is 7.07. The van der Waals surface area contributed by atoms with Crippen molar-refractivity contribution >= 4 is 28.8 Å². The molecule has 0 bridgehead atoms. The third-order valence-corrected chi connectivity index (χ3v) is 2.70. The number of nitrogens with one attached hydrogen (secondary N) is 1. The van der Waals surface area contributed by atoms with Gasteiger partial charge in [0.1, 0.15) is 0 Å². The van der Waals surface area contributed by atoms with Crippen LogP contribution in [0.1, 0.15) is 16.1 Å². The number of thiazole rings is 1. The first-order chi connectivity index (χ1) is 7.27. The van der Waals surface area contributed by atoms with Gasteiger partial charge in [-0.1, -0.05) is 0 Å². The fourth-order valence-electron chi connectivity index (χ4n) is 1.05. The molecule has 1 N–H and O–H groups in total. The maximum absolute atomic E-state index is 11.5. The Balaban J connectivity index is 1.96. The predicted octanol–water partition coefficient (Wildman–Crippen LogP) is 2.32. The van der Waals surface area contributed by atoms with Crippen LogP contribution in [0.15, 0.2) is 27.6 Å². The van der Waals surface area contributed by atoms with Gasteiger partial charge in [-0.2, -0.15) is 0 Å². The standard InChI is InChI=1S/C9H7ClN2O2S/c10-8-7(1-2-14-8)9(13)11-3-6-4-15-5-12-6/h1-2,4-5H,3H2,(H,11,13). The quantitative estimate of drug-likeness (QED) is 0.899. The Morgan fingerprint density at radius 2 is 2.53 bits per heavy atom. The summed E-state index contributed by atoms with van der Waals surface area (Å²) in [6.45, 7) is 0.393. The van der Waals surface area contributed by atoms with Crippen LogP contribution < -0.4 is 5.32 Å². The average molecular weight is 243 g/mol. The van der Waals surface area contributed by atoms with E-state index in [0.717, 1.165) is 5.69 Å². The van der Waals surface area contributed by atoms with E-state index in [4.69, 9.17) is 16.0 Å². The zero-order valence-electron chi connectivity index (χ0n) is 7.57. The molecule has 2 aromatic rings. The molecule has 2 rings (SSSR count). The van der Waals surface area contributed by atoms with Gasteiger partial charge in [0, 0.05) is 5.38 Å². The van der Waals surface area contributed by atoms with Gasteiger partial charge < -0.3 is 9.73 Å². The zero-order valence-corrected chi connectivity index (χ0v) is 9.14. The van der Waals surface area contributed by atoms with Crippen LogP contribution in [0.2, 0.25) is 5.22 Å². The highest BCUT2D eigenvalue weighted by atomic mass is 35.5. The van der Waals surface area contributed by atoms with Crippen LogP contribution in [-0.2, 0) is 6.54 Å². The molecule has 6 heteroatoms. The molecule has 4 nitrogen and oxygen atoms in total. The lowest BCUT2D eigenvalue weighted by molar-refractivity contribution is 0.0950. The number of carbonyl (C=O) groups is 1. The minimum atomic E-state index is -0.262. The van der Waals surface area contributed by atoms with Crippen molar-refractivity contribution in [1.82, 2.24) is 10.3 Å². The van der Waals surface area contributed by atoms with Crippen molar-refractivity contribution in [3.8, 4) is 0 Å². The summed E-state index contributed by atoms with van der Waals surface area (Å²) < 4.78 is 4.81. The van der Waals surface area contributed by atoms with Gasteiger partial charge in [-0.25, -0.2) is 4.98 Å². The van der Waals surface area contributed by atoms with Crippen molar-refractivity contribution in [3.63, 3.8) is 0 Å². The molecule has 0 aliphatic heterocycles. The zero-order chi connectivity index (χ0) is 10.7. The molecule has 0 aliphatic rings. The van der Waals surface area contributed by atoms with Crippen LogP contribution in [0.4, 0.5) is 0 Å². The van der Waals surface area contributed by atoms with Crippen LogP contribution in [0.3, 0.4) is 0 Å². The van der Waals surface area contributed by atoms with Gasteiger partial charge >= 0.3 is 0 Å². The summed E-state index contributed by atoms with van der Waals surface area (Å²) >= 11 is 7.14. The number of amides is 1. The molecule has 0 aromatic carbocycles. The lowest BCUT2D eigenvalue weighted by Crippen LogP contribution is -2.22. The minimum absolute atomic E-state index is 0.103. The predicted molar refractivity (Wildman–Crippen MR) is 57.0 cm³/mol. The van der Waals surface area contributed by atoms with Crippen molar-refractivity contribution < 1.29 is 9.21 Å². The second-order valence-electron chi connectivity index (χ2n) is 2.77. The van der Waals surface area contributed by atoms with Crippen molar-refractivity contribution in [2.75, 3.05) is 0 Å². The van der Waals surface area contributed by atoms with E-state index >= 15 is 0 Å². The van der Waals surface area contributed by atoms with E-state index < -0.39 is 0 Å². The van der Waals surface area contributed by atoms with E-state index in [-0.39, 0.29) is 11.1 Å². The molecule has 0 radical (unpaired) electrons. The minimum Gasteiger partial charge on any atom is -0.452 e. The number of hydrogen-bond acceptors (Lipinski definition) is 4. The lowest BCUT2D eigenvalue weighted by Gasteiger charge is -2.00. The second kappa shape index (κ2) is 4.46. The number of carbonyl (C=O) groups excluding carboxylic acids is 1. The van der Waals surface area contributed by atoms with Crippen LogP contribution in [0.5, 0.6) is 0 Å². The molecule has 0 unspecified atom stereocenters. The van der Waals surface area contributed by atoms with E-state index in [1.165, 1.54) is 23.7 Å². The van der Waals surface area contributed by atoms with Crippen molar-refractivity contribution in [1.29, 1.82) is 0 Å². The van der Waals surface area contributed by atoms with Crippen LogP contribution >= 0.6 is 22.9 Å². The molecule has 0 spiro atoms. The third kappa shape index (κ3) is 2.37. The average Bonchev–Trinajstić information content (AvgIpc) is 2.84. The molecule has 15 heavy (non-hydrogen) atoms. The van der Waals surface area contributed by atoms with Gasteiger partial charge in [0.25, 0.3) is 5.91 Å². The third-order valence-electron chi connectivity index (χ3n) is 1.78.